The first kappa shape index (κ1) is 26.5. The van der Waals surface area contributed by atoms with Crippen LogP contribution in [0.25, 0.3) is 0 Å². The van der Waals surface area contributed by atoms with Crippen molar-refractivity contribution in [2.24, 2.45) is 0 Å². The highest BCUT2D eigenvalue weighted by molar-refractivity contribution is 5.78. The summed E-state index contributed by atoms with van der Waals surface area (Å²) < 4.78 is 37.4. The maximum Gasteiger partial charge on any atom is 0.134 e. The first-order valence-electron chi connectivity index (χ1n) is 10.3. The van der Waals surface area contributed by atoms with Crippen molar-refractivity contribution in [1.82, 2.24) is 0 Å². The summed E-state index contributed by atoms with van der Waals surface area (Å²) in [5, 5.41) is 0. The second-order valence-corrected chi connectivity index (χ2v) is 6.43. The Morgan fingerprint density at radius 1 is 0.633 bits per heavy atom. The lowest BCUT2D eigenvalue weighted by Crippen LogP contribution is -2.14. The van der Waals surface area contributed by atoms with Gasteiger partial charge in [-0.1, -0.05) is 12.1 Å². The van der Waals surface area contributed by atoms with Crippen LogP contribution < -0.4 is 4.74 Å². The zero-order valence-electron chi connectivity index (χ0n) is 18.3. The van der Waals surface area contributed by atoms with E-state index >= 15 is 0 Å². The molecule has 0 N–H and O–H groups in total. The maximum absolute atomic E-state index is 11.1. The number of Topliss-reactive ketones (excluding diaryl/α,β-unsaturated/α-hetero) is 1. The van der Waals surface area contributed by atoms with Gasteiger partial charge in [0.2, 0.25) is 0 Å². The van der Waals surface area contributed by atoms with Crippen molar-refractivity contribution in [3.05, 3.63) is 29.8 Å². The van der Waals surface area contributed by atoms with Crippen LogP contribution in [0.2, 0.25) is 0 Å². The Kier molecular flexibility index (Phi) is 17.1. The van der Waals surface area contributed by atoms with Crippen molar-refractivity contribution in [2.45, 2.75) is 13.3 Å². The third-order valence-electron chi connectivity index (χ3n) is 3.79. The molecule has 172 valence electrons. The molecule has 0 amide bonds. The number of carbonyl (C=O) groups excluding carboxylic acids is 1. The molecule has 0 fully saturated rings. The Balaban J connectivity index is 1.79. The minimum absolute atomic E-state index is 0.149. The van der Waals surface area contributed by atoms with Crippen molar-refractivity contribution >= 4 is 5.78 Å². The Hall–Kier alpha value is -1.55. The van der Waals surface area contributed by atoms with E-state index in [9.17, 15) is 4.79 Å². The normalized spacial score (nSPS) is 11.0. The van der Waals surface area contributed by atoms with Gasteiger partial charge in [-0.05, 0) is 24.6 Å². The molecule has 0 bridgehead atoms. The molecule has 1 aromatic rings. The number of carbonyl (C=O) groups is 1. The van der Waals surface area contributed by atoms with Crippen LogP contribution in [0, 0.1) is 0 Å². The van der Waals surface area contributed by atoms with Gasteiger partial charge in [0.1, 0.15) is 18.1 Å². The van der Waals surface area contributed by atoms with Gasteiger partial charge in [-0.2, -0.15) is 0 Å². The SMILES string of the molecule is COCCOCCOCCOCCOCCOCCOc1ccc(CC(C)=O)cc1. The molecule has 0 aliphatic rings. The Morgan fingerprint density at radius 2 is 1.03 bits per heavy atom. The lowest BCUT2D eigenvalue weighted by atomic mass is 10.1. The third-order valence-corrected chi connectivity index (χ3v) is 3.79. The van der Waals surface area contributed by atoms with Gasteiger partial charge in [0.05, 0.1) is 72.7 Å². The molecule has 1 aromatic carbocycles. The van der Waals surface area contributed by atoms with Crippen molar-refractivity contribution in [1.29, 1.82) is 0 Å². The van der Waals surface area contributed by atoms with Crippen LogP contribution in [0.4, 0.5) is 0 Å². The summed E-state index contributed by atoms with van der Waals surface area (Å²) >= 11 is 0. The molecular formula is C22H36O8. The molecule has 0 spiro atoms. The fraction of sp³-hybridized carbons (Fsp3) is 0.682. The number of methoxy groups -OCH3 is 1. The first-order chi connectivity index (χ1) is 14.7. The molecule has 30 heavy (non-hydrogen) atoms. The summed E-state index contributed by atoms with van der Waals surface area (Å²) in [5.41, 5.74) is 0.989. The summed E-state index contributed by atoms with van der Waals surface area (Å²) in [7, 11) is 1.64. The molecule has 0 heterocycles. The Labute approximate surface area is 179 Å². The number of ether oxygens (including phenoxy) is 7. The predicted molar refractivity (Wildman–Crippen MR) is 112 cm³/mol. The quantitative estimate of drug-likeness (QED) is 0.275. The molecule has 0 saturated carbocycles. The summed E-state index contributed by atoms with van der Waals surface area (Å²) in [4.78, 5) is 11.1. The lowest BCUT2D eigenvalue weighted by Gasteiger charge is -2.09. The number of hydrogen-bond donors (Lipinski definition) is 0. The summed E-state index contributed by atoms with van der Waals surface area (Å²) in [5.74, 6) is 0.914. The van der Waals surface area contributed by atoms with Crippen molar-refractivity contribution in [2.75, 3.05) is 86.4 Å². The summed E-state index contributed by atoms with van der Waals surface area (Å²) in [6.07, 6.45) is 0.452. The average Bonchev–Trinajstić information content (AvgIpc) is 2.73. The van der Waals surface area contributed by atoms with Gasteiger partial charge < -0.3 is 33.2 Å². The largest absolute Gasteiger partial charge is 0.491 e. The molecule has 0 atom stereocenters. The fourth-order valence-electron chi connectivity index (χ4n) is 2.33. The molecule has 0 aliphatic heterocycles. The van der Waals surface area contributed by atoms with Crippen LogP contribution in [-0.2, 0) is 39.6 Å². The van der Waals surface area contributed by atoms with Gasteiger partial charge in [-0.25, -0.2) is 0 Å². The monoisotopic (exact) mass is 428 g/mol. The number of hydrogen-bond acceptors (Lipinski definition) is 8. The maximum atomic E-state index is 11.1. The molecule has 8 heteroatoms. The van der Waals surface area contributed by atoms with E-state index in [1.165, 1.54) is 0 Å². The van der Waals surface area contributed by atoms with Gasteiger partial charge in [0, 0.05) is 13.5 Å². The van der Waals surface area contributed by atoms with Crippen LogP contribution >= 0.6 is 0 Å². The number of benzene rings is 1. The molecular weight excluding hydrogens is 392 g/mol. The molecule has 0 saturated heterocycles. The minimum atomic E-state index is 0.149. The minimum Gasteiger partial charge on any atom is -0.491 e. The van der Waals surface area contributed by atoms with E-state index in [1.807, 2.05) is 24.3 Å². The van der Waals surface area contributed by atoms with Gasteiger partial charge in [-0.15, -0.1) is 0 Å². The first-order valence-corrected chi connectivity index (χ1v) is 10.3. The molecule has 0 aliphatic carbocycles. The second kappa shape index (κ2) is 19.4. The van der Waals surface area contributed by atoms with E-state index < -0.39 is 0 Å². The van der Waals surface area contributed by atoms with Crippen molar-refractivity contribution < 1.29 is 38.0 Å². The van der Waals surface area contributed by atoms with Crippen molar-refractivity contribution in [3.8, 4) is 5.75 Å². The van der Waals surface area contributed by atoms with E-state index in [0.717, 1.165) is 11.3 Å². The molecule has 0 aromatic heterocycles. The second-order valence-electron chi connectivity index (χ2n) is 6.43. The third kappa shape index (κ3) is 16.3. The molecule has 8 nitrogen and oxygen atoms in total. The van der Waals surface area contributed by atoms with Crippen LogP contribution in [0.5, 0.6) is 5.75 Å². The van der Waals surface area contributed by atoms with E-state index in [2.05, 4.69) is 0 Å². The zero-order valence-corrected chi connectivity index (χ0v) is 18.3. The number of ketones is 1. The predicted octanol–water partition coefficient (Wildman–Crippen LogP) is 1.93. The van der Waals surface area contributed by atoms with E-state index in [0.29, 0.717) is 85.7 Å². The Bertz CT molecular complexity index is 520. The molecule has 0 unspecified atom stereocenters. The van der Waals surface area contributed by atoms with Crippen molar-refractivity contribution in [3.63, 3.8) is 0 Å². The van der Waals surface area contributed by atoms with E-state index in [4.69, 9.17) is 33.2 Å². The van der Waals surface area contributed by atoms with Crippen LogP contribution in [-0.4, -0.2) is 92.2 Å². The number of rotatable bonds is 21. The zero-order chi connectivity index (χ0) is 21.7. The van der Waals surface area contributed by atoms with Gasteiger partial charge >= 0.3 is 0 Å². The Morgan fingerprint density at radius 3 is 1.43 bits per heavy atom. The fourth-order valence-corrected chi connectivity index (χ4v) is 2.33. The standard InChI is InChI=1S/C22H36O8/c1-20(23)19-21-3-5-22(6-4-21)30-18-17-29-16-15-28-14-13-27-12-11-26-10-9-25-8-7-24-2/h3-6H,7-19H2,1-2H3. The van der Waals surface area contributed by atoms with Crippen LogP contribution in [0.1, 0.15) is 12.5 Å². The van der Waals surface area contributed by atoms with Crippen LogP contribution in [0.15, 0.2) is 24.3 Å². The molecule has 1 rings (SSSR count). The van der Waals surface area contributed by atoms with Gasteiger partial charge in [0.15, 0.2) is 0 Å². The summed E-state index contributed by atoms with van der Waals surface area (Å²) in [6, 6.07) is 7.53. The van der Waals surface area contributed by atoms with Gasteiger partial charge in [0.25, 0.3) is 0 Å². The highest BCUT2D eigenvalue weighted by Crippen LogP contribution is 2.12. The van der Waals surface area contributed by atoms with E-state index in [1.54, 1.807) is 14.0 Å². The molecule has 0 radical (unpaired) electrons. The summed E-state index contributed by atoms with van der Waals surface area (Å²) in [6.45, 7) is 7.96. The lowest BCUT2D eigenvalue weighted by molar-refractivity contribution is -0.116. The van der Waals surface area contributed by atoms with Crippen LogP contribution in [0.3, 0.4) is 0 Å². The van der Waals surface area contributed by atoms with E-state index in [-0.39, 0.29) is 5.78 Å². The topological polar surface area (TPSA) is 81.7 Å². The average molecular weight is 429 g/mol. The highest BCUT2D eigenvalue weighted by Gasteiger charge is 1.99. The van der Waals surface area contributed by atoms with Gasteiger partial charge in [-0.3, -0.25) is 4.79 Å². The highest BCUT2D eigenvalue weighted by atomic mass is 16.6. The smallest absolute Gasteiger partial charge is 0.134 e.